The van der Waals surface area contributed by atoms with Gasteiger partial charge in [-0.15, -0.1) is 0 Å². The van der Waals surface area contributed by atoms with Crippen LogP contribution in [-0.4, -0.2) is 28.9 Å². The van der Waals surface area contributed by atoms with Crippen molar-refractivity contribution < 1.29 is 9.90 Å². The molecule has 1 N–H and O–H groups in total. The van der Waals surface area contributed by atoms with Crippen molar-refractivity contribution in [2.45, 2.75) is 0 Å². The highest BCUT2D eigenvalue weighted by molar-refractivity contribution is 6.35. The highest BCUT2D eigenvalue weighted by Crippen LogP contribution is 1.84. The van der Waals surface area contributed by atoms with E-state index < -0.39 is 5.97 Å². The van der Waals surface area contributed by atoms with Gasteiger partial charge in [-0.05, 0) is 5.46 Å². The average Bonchev–Trinajstić information content (AvgIpc) is 1.88. The monoisotopic (exact) mass is 134 g/mol. The quantitative estimate of drug-likeness (QED) is 0.498. The van der Waals surface area contributed by atoms with E-state index >= 15 is 0 Å². The van der Waals surface area contributed by atoms with E-state index in [0.717, 1.165) is 6.33 Å². The molecule has 0 atom stereocenters. The molecule has 0 aliphatic carbocycles. The zero-order valence-electron chi connectivity index (χ0n) is 4.98. The Morgan fingerprint density at radius 2 is 2.40 bits per heavy atom. The van der Waals surface area contributed by atoms with E-state index in [0.29, 0.717) is 0 Å². The molecule has 10 heavy (non-hydrogen) atoms. The summed E-state index contributed by atoms with van der Waals surface area (Å²) in [5.74, 6) is -1.14. The second-order valence-corrected chi connectivity index (χ2v) is 1.63. The van der Waals surface area contributed by atoms with Crippen LogP contribution in [-0.2, 0) is 0 Å². The van der Waals surface area contributed by atoms with Gasteiger partial charge in [0, 0.05) is 6.20 Å². The van der Waals surface area contributed by atoms with Crippen molar-refractivity contribution in [3.05, 3.63) is 18.2 Å². The maximum absolute atomic E-state index is 10.3. The molecular formula is C5H3BN2O2. The summed E-state index contributed by atoms with van der Waals surface area (Å²) in [5.41, 5.74) is -0.0787. The van der Waals surface area contributed by atoms with Crippen molar-refractivity contribution in [2.24, 2.45) is 0 Å². The molecule has 0 fully saturated rings. The van der Waals surface area contributed by atoms with Crippen LogP contribution in [0.2, 0.25) is 0 Å². The van der Waals surface area contributed by atoms with Crippen LogP contribution in [0.5, 0.6) is 0 Å². The Labute approximate surface area is 58.3 Å². The number of carbonyl (C=O) groups is 1. The second kappa shape index (κ2) is 2.47. The number of rotatable bonds is 1. The minimum Gasteiger partial charge on any atom is -0.477 e. The number of aromatic nitrogens is 2. The van der Waals surface area contributed by atoms with Gasteiger partial charge in [-0.25, -0.2) is 14.8 Å². The van der Waals surface area contributed by atoms with Crippen molar-refractivity contribution in [3.63, 3.8) is 0 Å². The predicted molar refractivity (Wildman–Crippen MR) is 34.4 cm³/mol. The molecule has 1 aromatic heterocycles. The lowest BCUT2D eigenvalue weighted by Gasteiger charge is -1.94. The maximum Gasteiger partial charge on any atom is 0.353 e. The lowest BCUT2D eigenvalue weighted by Crippen LogP contribution is -2.18. The molecule has 4 nitrogen and oxygen atoms in total. The van der Waals surface area contributed by atoms with Crippen LogP contribution in [0.1, 0.15) is 10.5 Å². The van der Waals surface area contributed by atoms with Crippen molar-refractivity contribution in [1.29, 1.82) is 0 Å². The van der Waals surface area contributed by atoms with Crippen molar-refractivity contribution in [1.82, 2.24) is 9.97 Å². The molecule has 2 radical (unpaired) electrons. The molecule has 1 heterocycles. The van der Waals surface area contributed by atoms with E-state index in [4.69, 9.17) is 13.0 Å². The molecule has 5 heteroatoms. The zero-order chi connectivity index (χ0) is 7.56. The minimum absolute atomic E-state index is 0.0787. The fourth-order valence-corrected chi connectivity index (χ4v) is 0.519. The van der Waals surface area contributed by atoms with Crippen LogP contribution in [0.25, 0.3) is 0 Å². The van der Waals surface area contributed by atoms with Crippen molar-refractivity contribution in [3.8, 4) is 0 Å². The first-order valence-electron chi connectivity index (χ1n) is 2.50. The van der Waals surface area contributed by atoms with Crippen LogP contribution in [0.15, 0.2) is 12.5 Å². The van der Waals surface area contributed by atoms with E-state index in [9.17, 15) is 4.79 Å². The SMILES string of the molecule is [B]c1cncnc1C(=O)O. The summed E-state index contributed by atoms with van der Waals surface area (Å²) in [7, 11) is 5.22. The normalized spacial score (nSPS) is 9.20. The molecule has 0 saturated carbocycles. The third-order valence-electron chi connectivity index (χ3n) is 0.943. The molecular weight excluding hydrogens is 131 g/mol. The molecule has 0 aliphatic rings. The summed E-state index contributed by atoms with van der Waals surface area (Å²) in [4.78, 5) is 17.2. The fourth-order valence-electron chi connectivity index (χ4n) is 0.519. The van der Waals surface area contributed by atoms with Crippen molar-refractivity contribution in [2.75, 3.05) is 0 Å². The van der Waals surface area contributed by atoms with Gasteiger partial charge in [0.15, 0.2) is 0 Å². The van der Waals surface area contributed by atoms with Crippen LogP contribution in [0, 0.1) is 0 Å². The first-order valence-corrected chi connectivity index (χ1v) is 2.50. The zero-order valence-corrected chi connectivity index (χ0v) is 4.98. The molecule has 0 spiro atoms. The molecule has 1 aromatic rings. The van der Waals surface area contributed by atoms with Gasteiger partial charge in [0.05, 0.1) is 0 Å². The Balaban J connectivity index is 3.15. The van der Waals surface area contributed by atoms with Gasteiger partial charge in [0.2, 0.25) is 0 Å². The number of hydrogen-bond acceptors (Lipinski definition) is 3. The van der Waals surface area contributed by atoms with Crippen LogP contribution < -0.4 is 5.46 Å². The summed E-state index contributed by atoms with van der Waals surface area (Å²) >= 11 is 0. The smallest absolute Gasteiger partial charge is 0.353 e. The summed E-state index contributed by atoms with van der Waals surface area (Å²) in [6.45, 7) is 0. The van der Waals surface area contributed by atoms with Crippen LogP contribution in [0.3, 0.4) is 0 Å². The minimum atomic E-state index is -1.14. The molecule has 0 aliphatic heterocycles. The van der Waals surface area contributed by atoms with Gasteiger partial charge in [-0.3, -0.25) is 0 Å². The first kappa shape index (κ1) is 6.73. The highest BCUT2D eigenvalue weighted by atomic mass is 16.4. The van der Waals surface area contributed by atoms with Gasteiger partial charge in [0.25, 0.3) is 0 Å². The Morgan fingerprint density at radius 1 is 1.70 bits per heavy atom. The summed E-state index contributed by atoms with van der Waals surface area (Å²) in [5, 5.41) is 8.40. The van der Waals surface area contributed by atoms with Crippen LogP contribution in [0.4, 0.5) is 0 Å². The Morgan fingerprint density at radius 3 is 2.80 bits per heavy atom. The average molecular weight is 134 g/mol. The van der Waals surface area contributed by atoms with Gasteiger partial charge >= 0.3 is 5.97 Å². The van der Waals surface area contributed by atoms with E-state index in [1.165, 1.54) is 6.20 Å². The standard InChI is InChI=1S/C5H3BN2O2/c6-3-1-7-2-8-4(3)5(9)10/h1-2H,(H,9,10). The number of nitrogens with zero attached hydrogens (tertiary/aromatic N) is 2. The van der Waals surface area contributed by atoms with Gasteiger partial charge in [-0.2, -0.15) is 0 Å². The number of aromatic carboxylic acids is 1. The van der Waals surface area contributed by atoms with Crippen molar-refractivity contribution >= 4 is 19.3 Å². The first-order chi connectivity index (χ1) is 4.72. The molecule has 1 rings (SSSR count). The summed E-state index contributed by atoms with van der Waals surface area (Å²) in [6.07, 6.45) is 2.39. The Bertz CT molecular complexity index is 264. The number of hydrogen-bond donors (Lipinski definition) is 1. The topological polar surface area (TPSA) is 63.1 Å². The molecule has 48 valence electrons. The lowest BCUT2D eigenvalue weighted by atomic mass is 9.96. The number of carboxylic acids is 1. The largest absolute Gasteiger partial charge is 0.477 e. The number of carboxylic acid groups (broad SMARTS) is 1. The highest BCUT2D eigenvalue weighted by Gasteiger charge is 2.05. The van der Waals surface area contributed by atoms with Gasteiger partial charge < -0.3 is 5.11 Å². The van der Waals surface area contributed by atoms with Gasteiger partial charge in [0.1, 0.15) is 19.9 Å². The molecule has 0 unspecified atom stereocenters. The summed E-state index contributed by atoms with van der Waals surface area (Å²) < 4.78 is 0. The van der Waals surface area contributed by atoms with Crippen LogP contribution >= 0.6 is 0 Å². The predicted octanol–water partition coefficient (Wildman–Crippen LogP) is -1.03. The maximum atomic E-state index is 10.3. The van der Waals surface area contributed by atoms with E-state index in [-0.39, 0.29) is 11.2 Å². The fraction of sp³-hybridized carbons (Fsp3) is 0. The van der Waals surface area contributed by atoms with E-state index in [1.807, 2.05) is 0 Å². The van der Waals surface area contributed by atoms with E-state index in [2.05, 4.69) is 9.97 Å². The van der Waals surface area contributed by atoms with E-state index in [1.54, 1.807) is 0 Å². The Hall–Kier alpha value is -1.39. The lowest BCUT2D eigenvalue weighted by molar-refractivity contribution is 0.0692. The molecule has 0 bridgehead atoms. The molecule has 0 aromatic carbocycles. The Kier molecular flexibility index (Phi) is 1.66. The van der Waals surface area contributed by atoms with Gasteiger partial charge in [-0.1, -0.05) is 0 Å². The third-order valence-corrected chi connectivity index (χ3v) is 0.943. The second-order valence-electron chi connectivity index (χ2n) is 1.63. The summed E-state index contributed by atoms with van der Waals surface area (Å²) in [6, 6.07) is 0. The molecule has 0 amide bonds. The third kappa shape index (κ3) is 1.13. The molecule has 0 saturated heterocycles.